The molecule has 0 fully saturated rings. The Labute approximate surface area is 95.5 Å². The number of hydrogen-bond acceptors (Lipinski definition) is 2. The van der Waals surface area contributed by atoms with E-state index in [0.717, 1.165) is 29.8 Å². The average molecular weight is 219 g/mol. The number of nitrogens with zero attached hydrogens (tertiary/aromatic N) is 1. The summed E-state index contributed by atoms with van der Waals surface area (Å²) in [7, 11) is 0. The van der Waals surface area contributed by atoms with Gasteiger partial charge in [0.15, 0.2) is 0 Å². The molecule has 86 valence electrons. The van der Waals surface area contributed by atoms with Crippen molar-refractivity contribution in [3.8, 4) is 0 Å². The maximum Gasteiger partial charge on any atom is 0.337 e. The van der Waals surface area contributed by atoms with Crippen LogP contribution in [0.3, 0.4) is 0 Å². The number of aryl methyl sites for hydroxylation is 1. The summed E-state index contributed by atoms with van der Waals surface area (Å²) in [5.41, 5.74) is 3.32. The third-order valence-corrected chi connectivity index (χ3v) is 3.26. The lowest BCUT2D eigenvalue weighted by atomic mass is 10.00. The van der Waals surface area contributed by atoms with Gasteiger partial charge in [-0.3, -0.25) is 4.98 Å². The van der Waals surface area contributed by atoms with Gasteiger partial charge in [0.25, 0.3) is 0 Å². The van der Waals surface area contributed by atoms with Crippen LogP contribution in [0.4, 0.5) is 0 Å². The molecule has 3 heteroatoms. The smallest absolute Gasteiger partial charge is 0.337 e. The first-order chi connectivity index (χ1) is 7.50. The highest BCUT2D eigenvalue weighted by molar-refractivity contribution is 5.89. The Morgan fingerprint density at radius 3 is 2.81 bits per heavy atom. The summed E-state index contributed by atoms with van der Waals surface area (Å²) in [4.78, 5) is 15.7. The fraction of sp³-hybridized carbons (Fsp3) is 0.538. The number of carboxylic acid groups (broad SMARTS) is 1. The van der Waals surface area contributed by atoms with Crippen molar-refractivity contribution in [3.05, 3.63) is 28.6 Å². The molecule has 0 bridgehead atoms. The molecule has 1 aromatic heterocycles. The summed E-state index contributed by atoms with van der Waals surface area (Å²) >= 11 is 0. The van der Waals surface area contributed by atoms with Gasteiger partial charge in [0.1, 0.15) is 0 Å². The summed E-state index contributed by atoms with van der Waals surface area (Å²) in [5, 5.41) is 9.17. The Bertz CT molecular complexity index is 438. The summed E-state index contributed by atoms with van der Waals surface area (Å²) in [6.45, 7) is 6.13. The fourth-order valence-electron chi connectivity index (χ4n) is 2.33. The largest absolute Gasteiger partial charge is 0.478 e. The molecular formula is C13H17NO2. The lowest BCUT2D eigenvalue weighted by Crippen LogP contribution is -2.09. The Morgan fingerprint density at radius 1 is 1.56 bits per heavy atom. The minimum Gasteiger partial charge on any atom is -0.478 e. The van der Waals surface area contributed by atoms with Crippen molar-refractivity contribution in [2.75, 3.05) is 0 Å². The topological polar surface area (TPSA) is 50.2 Å². The first-order valence-corrected chi connectivity index (χ1v) is 5.77. The summed E-state index contributed by atoms with van der Waals surface area (Å²) in [6, 6.07) is 1.82. The lowest BCUT2D eigenvalue weighted by Gasteiger charge is -2.12. The molecule has 3 nitrogen and oxygen atoms in total. The van der Waals surface area contributed by atoms with Gasteiger partial charge in [0.05, 0.1) is 11.3 Å². The van der Waals surface area contributed by atoms with Gasteiger partial charge < -0.3 is 5.11 Å². The fourth-order valence-corrected chi connectivity index (χ4v) is 2.33. The summed E-state index contributed by atoms with van der Waals surface area (Å²) in [5.74, 6) is -0.238. The van der Waals surface area contributed by atoms with E-state index in [4.69, 9.17) is 0 Å². The van der Waals surface area contributed by atoms with E-state index in [1.807, 2.05) is 19.9 Å². The third kappa shape index (κ3) is 1.70. The van der Waals surface area contributed by atoms with Crippen LogP contribution < -0.4 is 0 Å². The molecule has 0 radical (unpaired) electrons. The second kappa shape index (κ2) is 3.89. The zero-order chi connectivity index (χ0) is 11.9. The number of carboxylic acids is 1. The van der Waals surface area contributed by atoms with Crippen LogP contribution in [0, 0.1) is 0 Å². The molecule has 1 unspecified atom stereocenters. The second-order valence-electron chi connectivity index (χ2n) is 4.87. The van der Waals surface area contributed by atoms with Crippen molar-refractivity contribution in [2.45, 2.75) is 45.4 Å². The monoisotopic (exact) mass is 219 g/mol. The number of carbonyl (C=O) groups is 1. The molecule has 16 heavy (non-hydrogen) atoms. The van der Waals surface area contributed by atoms with Gasteiger partial charge in [-0.25, -0.2) is 4.79 Å². The molecule has 2 rings (SSSR count). The zero-order valence-electron chi connectivity index (χ0n) is 9.95. The van der Waals surface area contributed by atoms with Gasteiger partial charge in [-0.1, -0.05) is 20.8 Å². The van der Waals surface area contributed by atoms with Crippen molar-refractivity contribution in [1.82, 2.24) is 4.98 Å². The van der Waals surface area contributed by atoms with E-state index < -0.39 is 5.97 Å². The maximum absolute atomic E-state index is 11.2. The van der Waals surface area contributed by atoms with Crippen molar-refractivity contribution < 1.29 is 9.90 Å². The molecule has 0 amide bonds. The van der Waals surface area contributed by atoms with E-state index >= 15 is 0 Å². The van der Waals surface area contributed by atoms with Gasteiger partial charge in [-0.15, -0.1) is 0 Å². The predicted molar refractivity (Wildman–Crippen MR) is 62.0 cm³/mol. The molecule has 1 aliphatic carbocycles. The van der Waals surface area contributed by atoms with Crippen molar-refractivity contribution >= 4 is 5.97 Å². The van der Waals surface area contributed by atoms with Gasteiger partial charge in [0, 0.05) is 5.69 Å². The molecule has 1 atom stereocenters. The predicted octanol–water partition coefficient (Wildman–Crippen LogP) is 2.95. The minimum absolute atomic E-state index is 0.157. The molecule has 0 spiro atoms. The molecular weight excluding hydrogens is 202 g/mol. The summed E-state index contributed by atoms with van der Waals surface area (Å²) in [6.07, 6.45) is 2.05. The molecule has 1 aliphatic rings. The van der Waals surface area contributed by atoms with Crippen LogP contribution in [0.25, 0.3) is 0 Å². The molecule has 1 N–H and O–H groups in total. The first-order valence-electron chi connectivity index (χ1n) is 5.77. The molecule has 0 aliphatic heterocycles. The van der Waals surface area contributed by atoms with Crippen molar-refractivity contribution in [1.29, 1.82) is 0 Å². The van der Waals surface area contributed by atoms with Gasteiger partial charge in [0.2, 0.25) is 0 Å². The van der Waals surface area contributed by atoms with Crippen LogP contribution >= 0.6 is 0 Å². The highest BCUT2D eigenvalue weighted by atomic mass is 16.4. The Balaban J connectivity index is 2.59. The van der Waals surface area contributed by atoms with E-state index in [2.05, 4.69) is 11.9 Å². The van der Waals surface area contributed by atoms with Crippen LogP contribution in [-0.4, -0.2) is 16.1 Å². The highest BCUT2D eigenvalue weighted by Crippen LogP contribution is 2.33. The Morgan fingerprint density at radius 2 is 2.25 bits per heavy atom. The maximum atomic E-state index is 11.2. The lowest BCUT2D eigenvalue weighted by molar-refractivity contribution is 0.0694. The average Bonchev–Trinajstić information content (AvgIpc) is 2.58. The highest BCUT2D eigenvalue weighted by Gasteiger charge is 2.25. The van der Waals surface area contributed by atoms with Crippen molar-refractivity contribution in [2.24, 2.45) is 0 Å². The Hall–Kier alpha value is -1.38. The minimum atomic E-state index is -0.862. The SMILES string of the molecule is CC(C)c1nc2c(cc1C(=O)O)CCC2C. The van der Waals surface area contributed by atoms with E-state index in [1.165, 1.54) is 0 Å². The van der Waals surface area contributed by atoms with Gasteiger partial charge in [-0.2, -0.15) is 0 Å². The van der Waals surface area contributed by atoms with E-state index in [1.54, 1.807) is 0 Å². The number of rotatable bonds is 2. The zero-order valence-corrected chi connectivity index (χ0v) is 9.95. The third-order valence-electron chi connectivity index (χ3n) is 3.26. The molecule has 1 heterocycles. The number of pyridine rings is 1. The standard InChI is InChI=1S/C13H17NO2/c1-7(2)11-10(13(15)16)6-9-5-4-8(3)12(9)14-11/h6-8H,4-5H2,1-3H3,(H,15,16). The van der Waals surface area contributed by atoms with Crippen molar-refractivity contribution in [3.63, 3.8) is 0 Å². The molecule has 0 aromatic carbocycles. The van der Waals surface area contributed by atoms with Crippen LogP contribution in [0.1, 0.15) is 66.3 Å². The second-order valence-corrected chi connectivity index (χ2v) is 4.87. The van der Waals surface area contributed by atoms with E-state index in [-0.39, 0.29) is 5.92 Å². The van der Waals surface area contributed by atoms with Crippen LogP contribution in [0.2, 0.25) is 0 Å². The van der Waals surface area contributed by atoms with E-state index in [9.17, 15) is 9.90 Å². The summed E-state index contributed by atoms with van der Waals surface area (Å²) < 4.78 is 0. The van der Waals surface area contributed by atoms with Crippen LogP contribution in [-0.2, 0) is 6.42 Å². The number of hydrogen-bond donors (Lipinski definition) is 1. The number of aromatic carboxylic acids is 1. The Kier molecular flexibility index (Phi) is 2.70. The normalized spacial score (nSPS) is 18.9. The molecule has 1 aromatic rings. The number of fused-ring (bicyclic) bond motifs is 1. The quantitative estimate of drug-likeness (QED) is 0.832. The van der Waals surface area contributed by atoms with Crippen LogP contribution in [0.5, 0.6) is 0 Å². The van der Waals surface area contributed by atoms with Crippen LogP contribution in [0.15, 0.2) is 6.07 Å². The van der Waals surface area contributed by atoms with Gasteiger partial charge in [-0.05, 0) is 36.3 Å². The molecule has 0 saturated carbocycles. The first kappa shape index (κ1) is 11.1. The van der Waals surface area contributed by atoms with Gasteiger partial charge >= 0.3 is 5.97 Å². The number of aromatic nitrogens is 1. The van der Waals surface area contributed by atoms with E-state index in [0.29, 0.717) is 11.5 Å². The molecule has 0 saturated heterocycles.